The molecule has 3 heteroatoms. The van der Waals surface area contributed by atoms with Crippen molar-refractivity contribution in [3.63, 3.8) is 0 Å². The molecule has 0 saturated heterocycles. The van der Waals surface area contributed by atoms with Gasteiger partial charge in [-0.15, -0.1) is 0 Å². The number of nitrogens with two attached hydrogens (primary N) is 1. The molecule has 1 aromatic carbocycles. The molecule has 0 radical (unpaired) electrons. The Labute approximate surface area is 69.8 Å². The number of aliphatic carboxylic acids is 1. The van der Waals surface area contributed by atoms with Crippen molar-refractivity contribution < 1.29 is 9.90 Å². The summed E-state index contributed by atoms with van der Waals surface area (Å²) in [6.07, 6.45) is 0.621. The molecular formula is C9H9NO2. The molecule has 0 saturated carbocycles. The van der Waals surface area contributed by atoms with Gasteiger partial charge >= 0.3 is 5.97 Å². The molecule has 0 aliphatic heterocycles. The number of carboxylic acid groups (broad SMARTS) is 1. The Morgan fingerprint density at radius 3 is 2.92 bits per heavy atom. The number of nitrogen functional groups attached to an aromatic ring is 1. The lowest BCUT2D eigenvalue weighted by Gasteiger charge is -2.27. The average Bonchev–Trinajstić information content (AvgIpc) is 1.91. The lowest BCUT2D eigenvalue weighted by atomic mass is 9.77. The van der Waals surface area contributed by atoms with Crippen LogP contribution < -0.4 is 5.73 Å². The number of anilines is 1. The van der Waals surface area contributed by atoms with Crippen LogP contribution in [0.25, 0.3) is 0 Å². The highest BCUT2D eigenvalue weighted by atomic mass is 16.4. The second-order valence-corrected chi connectivity index (χ2v) is 3.01. The molecule has 0 spiro atoms. The van der Waals surface area contributed by atoms with Gasteiger partial charge in [0.25, 0.3) is 0 Å². The van der Waals surface area contributed by atoms with E-state index in [9.17, 15) is 4.79 Å². The Morgan fingerprint density at radius 2 is 2.33 bits per heavy atom. The monoisotopic (exact) mass is 163 g/mol. The van der Waals surface area contributed by atoms with Crippen molar-refractivity contribution in [3.05, 3.63) is 29.3 Å². The second-order valence-electron chi connectivity index (χ2n) is 3.01. The first-order valence-corrected chi connectivity index (χ1v) is 3.80. The number of rotatable bonds is 1. The maximum absolute atomic E-state index is 10.6. The molecule has 62 valence electrons. The first kappa shape index (κ1) is 7.16. The van der Waals surface area contributed by atoms with Gasteiger partial charge in [-0.2, -0.15) is 0 Å². The van der Waals surface area contributed by atoms with Crippen molar-refractivity contribution in [3.8, 4) is 0 Å². The van der Waals surface area contributed by atoms with E-state index < -0.39 is 5.97 Å². The molecule has 1 atom stereocenters. The van der Waals surface area contributed by atoms with Gasteiger partial charge in [-0.3, -0.25) is 4.79 Å². The van der Waals surface area contributed by atoms with Gasteiger partial charge < -0.3 is 10.8 Å². The Bertz CT molecular complexity index is 332. The summed E-state index contributed by atoms with van der Waals surface area (Å²) in [4.78, 5) is 10.6. The highest BCUT2D eigenvalue weighted by Gasteiger charge is 2.33. The summed E-state index contributed by atoms with van der Waals surface area (Å²) < 4.78 is 0. The van der Waals surface area contributed by atoms with Crippen LogP contribution in [0.4, 0.5) is 5.69 Å². The van der Waals surface area contributed by atoms with E-state index in [4.69, 9.17) is 10.8 Å². The molecule has 12 heavy (non-hydrogen) atoms. The number of carboxylic acids is 1. The van der Waals surface area contributed by atoms with Gasteiger partial charge in [0.1, 0.15) is 0 Å². The number of hydrogen-bond donors (Lipinski definition) is 2. The fourth-order valence-corrected chi connectivity index (χ4v) is 1.64. The van der Waals surface area contributed by atoms with E-state index in [0.29, 0.717) is 12.1 Å². The van der Waals surface area contributed by atoms with Crippen LogP contribution in [0, 0.1) is 0 Å². The molecule has 1 aliphatic carbocycles. The predicted octanol–water partition coefficient (Wildman–Crippen LogP) is 0.993. The maximum atomic E-state index is 10.6. The Hall–Kier alpha value is -1.51. The SMILES string of the molecule is Nc1cccc2c1C(C(=O)O)C2. The number of carbonyl (C=O) groups is 1. The Morgan fingerprint density at radius 1 is 1.58 bits per heavy atom. The van der Waals surface area contributed by atoms with Crippen LogP contribution in [-0.4, -0.2) is 11.1 Å². The summed E-state index contributed by atoms with van der Waals surface area (Å²) in [5.41, 5.74) is 8.12. The minimum Gasteiger partial charge on any atom is -0.481 e. The summed E-state index contributed by atoms with van der Waals surface area (Å²) >= 11 is 0. The van der Waals surface area contributed by atoms with Crippen molar-refractivity contribution in [1.29, 1.82) is 0 Å². The highest BCUT2D eigenvalue weighted by molar-refractivity contribution is 5.83. The van der Waals surface area contributed by atoms with Crippen molar-refractivity contribution in [2.75, 3.05) is 5.73 Å². The molecule has 1 aromatic rings. The molecule has 0 aromatic heterocycles. The van der Waals surface area contributed by atoms with Gasteiger partial charge in [0, 0.05) is 5.69 Å². The maximum Gasteiger partial charge on any atom is 0.311 e. The van der Waals surface area contributed by atoms with Crippen LogP contribution in [0.5, 0.6) is 0 Å². The zero-order valence-electron chi connectivity index (χ0n) is 6.45. The molecule has 1 unspecified atom stereocenters. The van der Waals surface area contributed by atoms with Crippen molar-refractivity contribution in [2.24, 2.45) is 0 Å². The molecule has 0 bridgehead atoms. The third kappa shape index (κ3) is 0.794. The van der Waals surface area contributed by atoms with Crippen LogP contribution in [-0.2, 0) is 11.2 Å². The van der Waals surface area contributed by atoms with Gasteiger partial charge in [0.2, 0.25) is 0 Å². The summed E-state index contributed by atoms with van der Waals surface area (Å²) in [5, 5.41) is 8.75. The van der Waals surface area contributed by atoms with Crippen LogP contribution in [0.3, 0.4) is 0 Å². The molecule has 0 fully saturated rings. The van der Waals surface area contributed by atoms with Crippen molar-refractivity contribution >= 4 is 11.7 Å². The van der Waals surface area contributed by atoms with Gasteiger partial charge in [-0.05, 0) is 23.6 Å². The summed E-state index contributed by atoms with van der Waals surface area (Å²) in [6, 6.07) is 5.52. The second kappa shape index (κ2) is 2.24. The zero-order chi connectivity index (χ0) is 8.72. The van der Waals surface area contributed by atoms with E-state index in [1.807, 2.05) is 12.1 Å². The highest BCUT2D eigenvalue weighted by Crippen LogP contribution is 2.38. The first-order valence-electron chi connectivity index (χ1n) is 3.80. The lowest BCUT2D eigenvalue weighted by molar-refractivity contribution is -0.139. The quantitative estimate of drug-likeness (QED) is 0.607. The van der Waals surface area contributed by atoms with Crippen molar-refractivity contribution in [1.82, 2.24) is 0 Å². The smallest absolute Gasteiger partial charge is 0.311 e. The largest absolute Gasteiger partial charge is 0.481 e. The summed E-state index contributed by atoms with van der Waals surface area (Å²) in [7, 11) is 0. The molecule has 1 aliphatic rings. The van der Waals surface area contributed by atoms with Gasteiger partial charge in [0.15, 0.2) is 0 Å². The lowest BCUT2D eigenvalue weighted by Crippen LogP contribution is -2.26. The van der Waals surface area contributed by atoms with Gasteiger partial charge in [-0.25, -0.2) is 0 Å². The van der Waals surface area contributed by atoms with E-state index in [1.165, 1.54) is 0 Å². The Balaban J connectivity index is 2.45. The summed E-state index contributed by atoms with van der Waals surface area (Å²) in [6.45, 7) is 0. The molecule has 3 N–H and O–H groups in total. The minimum absolute atomic E-state index is 0.374. The standard InChI is InChI=1S/C9H9NO2/c10-7-3-1-2-5-4-6(8(5)7)9(11)12/h1-3,6H,4,10H2,(H,11,12). The number of fused-ring (bicyclic) bond motifs is 1. The van der Waals surface area contributed by atoms with Gasteiger partial charge in [0.05, 0.1) is 5.92 Å². The predicted molar refractivity (Wildman–Crippen MR) is 44.9 cm³/mol. The van der Waals surface area contributed by atoms with E-state index in [2.05, 4.69) is 0 Å². The summed E-state index contributed by atoms with van der Waals surface area (Å²) in [5.74, 6) is -1.15. The molecular weight excluding hydrogens is 154 g/mol. The third-order valence-electron chi connectivity index (χ3n) is 2.30. The van der Waals surface area contributed by atoms with E-state index in [-0.39, 0.29) is 5.92 Å². The van der Waals surface area contributed by atoms with E-state index in [1.54, 1.807) is 6.07 Å². The van der Waals surface area contributed by atoms with E-state index >= 15 is 0 Å². The zero-order valence-corrected chi connectivity index (χ0v) is 6.45. The number of hydrogen-bond acceptors (Lipinski definition) is 2. The molecule has 0 heterocycles. The van der Waals surface area contributed by atoms with Crippen LogP contribution >= 0.6 is 0 Å². The topological polar surface area (TPSA) is 63.3 Å². The average molecular weight is 163 g/mol. The molecule has 0 amide bonds. The number of benzene rings is 1. The third-order valence-corrected chi connectivity index (χ3v) is 2.30. The normalized spacial score (nSPS) is 19.5. The minimum atomic E-state index is -0.777. The first-order chi connectivity index (χ1) is 5.70. The fourth-order valence-electron chi connectivity index (χ4n) is 1.64. The molecule has 2 rings (SSSR count). The van der Waals surface area contributed by atoms with Crippen LogP contribution in [0.1, 0.15) is 17.0 Å². The Kier molecular flexibility index (Phi) is 1.33. The molecule has 3 nitrogen and oxygen atoms in total. The van der Waals surface area contributed by atoms with Gasteiger partial charge in [-0.1, -0.05) is 12.1 Å². The van der Waals surface area contributed by atoms with Crippen LogP contribution in [0.2, 0.25) is 0 Å². The van der Waals surface area contributed by atoms with E-state index in [0.717, 1.165) is 11.1 Å². The fraction of sp³-hybridized carbons (Fsp3) is 0.222. The van der Waals surface area contributed by atoms with Crippen LogP contribution in [0.15, 0.2) is 18.2 Å². The van der Waals surface area contributed by atoms with Crippen molar-refractivity contribution in [2.45, 2.75) is 12.3 Å².